The van der Waals surface area contributed by atoms with E-state index in [9.17, 15) is 19.2 Å². The Bertz CT molecular complexity index is 344. The first kappa shape index (κ1) is 9.63. The van der Waals surface area contributed by atoms with Crippen molar-refractivity contribution in [1.29, 1.82) is 0 Å². The van der Waals surface area contributed by atoms with Crippen LogP contribution in [-0.2, 0) is 0 Å². The number of carbonyl (C=O) groups is 4. The lowest BCUT2D eigenvalue weighted by Crippen LogP contribution is -2.77. The molecule has 0 spiro atoms. The number of amides is 8. The number of hydrogen-bond donors (Lipinski definition) is 6. The van der Waals surface area contributed by atoms with E-state index in [0.29, 0.717) is 10.2 Å². The summed E-state index contributed by atoms with van der Waals surface area (Å²) in [4.78, 5) is 44.2. The molecule has 2 aliphatic heterocycles. The Kier molecular flexibility index (Phi) is 2.01. The first-order valence-corrected chi connectivity index (χ1v) is 3.91. The molecular weight excluding hydrogens is 224 g/mol. The minimum atomic E-state index is -0.864. The second-order valence-electron chi connectivity index (χ2n) is 2.62. The van der Waals surface area contributed by atoms with Crippen molar-refractivity contribution in [3.8, 4) is 0 Å². The minimum absolute atomic E-state index is 0.479. The van der Waals surface area contributed by atoms with Crippen molar-refractivity contribution in [3.05, 3.63) is 0 Å². The molecule has 0 radical (unpaired) electrons. The Morgan fingerprint density at radius 3 is 1.38 bits per heavy atom. The Morgan fingerprint density at radius 2 is 1.00 bits per heavy atom. The molecule has 12 heteroatoms. The van der Waals surface area contributed by atoms with Gasteiger partial charge in [0.25, 0.3) is 0 Å². The van der Waals surface area contributed by atoms with Crippen molar-refractivity contribution in [3.63, 3.8) is 0 Å². The number of rotatable bonds is 1. The van der Waals surface area contributed by atoms with Crippen LogP contribution in [0.25, 0.3) is 0 Å². The minimum Gasteiger partial charge on any atom is -0.246 e. The maximum atomic E-state index is 11.2. The topological polar surface area (TPSA) is 147 Å². The van der Waals surface area contributed by atoms with Crippen molar-refractivity contribution < 1.29 is 19.2 Å². The van der Waals surface area contributed by atoms with E-state index in [1.54, 1.807) is 0 Å². The van der Waals surface area contributed by atoms with E-state index in [1.807, 2.05) is 32.6 Å². The van der Waals surface area contributed by atoms with Gasteiger partial charge in [-0.05, 0) is 0 Å². The maximum Gasteiger partial charge on any atom is 0.376 e. The quantitative estimate of drug-likeness (QED) is 0.289. The third-order valence-electron chi connectivity index (χ3n) is 1.57. The normalized spacial score (nSPS) is 20.0. The Balaban J connectivity index is 2.14. The highest BCUT2D eigenvalue weighted by Crippen LogP contribution is 1.97. The molecule has 2 rings (SSSR count). The van der Waals surface area contributed by atoms with Gasteiger partial charge in [0.2, 0.25) is 0 Å². The van der Waals surface area contributed by atoms with E-state index in [-0.39, 0.29) is 0 Å². The summed E-state index contributed by atoms with van der Waals surface area (Å²) in [6.45, 7) is 0. The van der Waals surface area contributed by atoms with E-state index >= 15 is 0 Å². The summed E-state index contributed by atoms with van der Waals surface area (Å²) >= 11 is 0. The van der Waals surface area contributed by atoms with Crippen molar-refractivity contribution in [1.82, 2.24) is 42.8 Å². The number of hydrazine groups is 5. The predicted molar refractivity (Wildman–Crippen MR) is 44.1 cm³/mol. The molecule has 0 unspecified atom stereocenters. The lowest BCUT2D eigenvalue weighted by atomic mass is 10.8. The molecule has 2 aliphatic rings. The van der Waals surface area contributed by atoms with Crippen LogP contribution in [0.4, 0.5) is 19.2 Å². The van der Waals surface area contributed by atoms with Crippen LogP contribution in [-0.4, -0.2) is 34.4 Å². The molecule has 86 valence electrons. The summed E-state index contributed by atoms with van der Waals surface area (Å²) in [7, 11) is 0. The van der Waals surface area contributed by atoms with Gasteiger partial charge in [-0.2, -0.15) is 0 Å². The van der Waals surface area contributed by atoms with Gasteiger partial charge in [0, 0.05) is 0 Å². The summed E-state index contributed by atoms with van der Waals surface area (Å²) in [6.07, 6.45) is 0. The Morgan fingerprint density at radius 1 is 0.625 bits per heavy atom. The van der Waals surface area contributed by atoms with Crippen LogP contribution in [0.1, 0.15) is 0 Å². The number of hydrogen-bond acceptors (Lipinski definition) is 4. The van der Waals surface area contributed by atoms with Crippen molar-refractivity contribution in [2.75, 3.05) is 0 Å². The fraction of sp³-hybridized carbons (Fsp3) is 0. The van der Waals surface area contributed by atoms with Crippen LogP contribution >= 0.6 is 0 Å². The molecule has 0 aliphatic carbocycles. The fourth-order valence-corrected chi connectivity index (χ4v) is 0.958. The highest BCUT2D eigenvalue weighted by atomic mass is 16.3. The molecule has 0 bridgehead atoms. The molecule has 8 amide bonds. The zero-order valence-corrected chi connectivity index (χ0v) is 7.53. The van der Waals surface area contributed by atoms with Crippen LogP contribution in [0.15, 0.2) is 0 Å². The highest BCUT2D eigenvalue weighted by Gasteiger charge is 2.35. The van der Waals surface area contributed by atoms with Crippen LogP contribution < -0.4 is 32.6 Å². The summed E-state index contributed by atoms with van der Waals surface area (Å²) < 4.78 is 0. The first-order chi connectivity index (χ1) is 7.58. The number of nitrogens with one attached hydrogen (secondary N) is 6. The van der Waals surface area contributed by atoms with E-state index in [4.69, 9.17) is 0 Å². The molecule has 16 heavy (non-hydrogen) atoms. The number of nitrogens with zero attached hydrogens (tertiary/aromatic N) is 2. The van der Waals surface area contributed by atoms with E-state index < -0.39 is 24.1 Å². The molecule has 2 saturated heterocycles. The van der Waals surface area contributed by atoms with Crippen LogP contribution in [0.5, 0.6) is 0 Å². The number of urea groups is 4. The van der Waals surface area contributed by atoms with Gasteiger partial charge in [0.15, 0.2) is 0 Å². The fourth-order valence-electron chi connectivity index (χ4n) is 0.958. The molecule has 0 aromatic carbocycles. The van der Waals surface area contributed by atoms with Gasteiger partial charge in [-0.1, -0.05) is 0 Å². The van der Waals surface area contributed by atoms with Gasteiger partial charge >= 0.3 is 24.1 Å². The summed E-state index contributed by atoms with van der Waals surface area (Å²) in [5, 5.41) is 0.958. The molecule has 2 heterocycles. The van der Waals surface area contributed by atoms with Crippen LogP contribution in [0.3, 0.4) is 0 Å². The van der Waals surface area contributed by atoms with Crippen molar-refractivity contribution in [2.45, 2.75) is 0 Å². The summed E-state index contributed by atoms with van der Waals surface area (Å²) in [5.74, 6) is 0. The third-order valence-corrected chi connectivity index (χ3v) is 1.57. The Hall–Kier alpha value is -2.92. The van der Waals surface area contributed by atoms with Gasteiger partial charge in [0.1, 0.15) is 0 Å². The lowest BCUT2D eigenvalue weighted by Gasteiger charge is -2.37. The smallest absolute Gasteiger partial charge is 0.246 e. The molecule has 0 aromatic rings. The molecule has 12 nitrogen and oxygen atoms in total. The van der Waals surface area contributed by atoms with Gasteiger partial charge in [-0.15, -0.1) is 10.2 Å². The third kappa shape index (κ3) is 1.54. The second kappa shape index (κ2) is 3.34. The van der Waals surface area contributed by atoms with E-state index in [1.165, 1.54) is 0 Å². The number of carbonyl (C=O) groups excluding carboxylic acids is 4. The van der Waals surface area contributed by atoms with Gasteiger partial charge < -0.3 is 0 Å². The van der Waals surface area contributed by atoms with Gasteiger partial charge in [-0.25, -0.2) is 51.7 Å². The van der Waals surface area contributed by atoms with Crippen LogP contribution in [0.2, 0.25) is 0 Å². The lowest BCUT2D eigenvalue weighted by molar-refractivity contribution is -0.0250. The maximum absolute atomic E-state index is 11.2. The van der Waals surface area contributed by atoms with Crippen molar-refractivity contribution in [2.24, 2.45) is 0 Å². The SMILES string of the molecule is O=C1NNC(=O)N(N2NC(=O)NNC2=O)N1. The monoisotopic (exact) mass is 230 g/mol. The molecule has 6 N–H and O–H groups in total. The molecule has 0 saturated carbocycles. The van der Waals surface area contributed by atoms with Crippen molar-refractivity contribution >= 4 is 24.1 Å². The first-order valence-electron chi connectivity index (χ1n) is 3.91. The molecule has 0 atom stereocenters. The summed E-state index contributed by atoms with van der Waals surface area (Å²) in [6, 6.07) is -3.28. The van der Waals surface area contributed by atoms with Gasteiger partial charge in [0.05, 0.1) is 0 Å². The summed E-state index contributed by atoms with van der Waals surface area (Å²) in [5.41, 5.74) is 11.8. The highest BCUT2D eigenvalue weighted by molar-refractivity contribution is 5.90. The second-order valence-corrected chi connectivity index (χ2v) is 2.62. The zero-order valence-electron chi connectivity index (χ0n) is 7.53. The standard InChI is InChI=1S/C4H6N8O4/c13-1-5-7-3(15)11(9-1)12-4(16)8-6-2(14)10-12/h(H,7,15)(H,8,16)(H2,5,9,13)(H2,6,10,14). The van der Waals surface area contributed by atoms with E-state index in [2.05, 4.69) is 0 Å². The molecule has 0 aromatic heterocycles. The van der Waals surface area contributed by atoms with Gasteiger partial charge in [-0.3, -0.25) is 0 Å². The molecular formula is C4H6N8O4. The zero-order chi connectivity index (χ0) is 11.7. The van der Waals surface area contributed by atoms with E-state index in [0.717, 1.165) is 0 Å². The predicted octanol–water partition coefficient (Wildman–Crippen LogP) is -2.79. The average Bonchev–Trinajstić information content (AvgIpc) is 2.25. The Labute approximate surface area is 87.1 Å². The van der Waals surface area contributed by atoms with Crippen LogP contribution in [0, 0.1) is 0 Å². The molecule has 2 fully saturated rings. The largest absolute Gasteiger partial charge is 0.376 e. The average molecular weight is 230 g/mol.